The SMILES string of the molecule is Cc1ccc(CNC(=O)c2cc3cc(N)ccc3[nH]2)cn1. The lowest BCUT2D eigenvalue weighted by molar-refractivity contribution is 0.0946. The van der Waals surface area contributed by atoms with Crippen LogP contribution in [0, 0.1) is 6.92 Å². The number of carbonyl (C=O) groups excluding carboxylic acids is 1. The summed E-state index contributed by atoms with van der Waals surface area (Å²) < 4.78 is 0. The summed E-state index contributed by atoms with van der Waals surface area (Å²) in [4.78, 5) is 19.4. The van der Waals surface area contributed by atoms with Gasteiger partial charge in [0.2, 0.25) is 0 Å². The Morgan fingerprint density at radius 1 is 1.29 bits per heavy atom. The van der Waals surface area contributed by atoms with Crippen LogP contribution in [0.15, 0.2) is 42.6 Å². The number of pyridine rings is 1. The maximum Gasteiger partial charge on any atom is 0.267 e. The van der Waals surface area contributed by atoms with Gasteiger partial charge in [0, 0.05) is 35.0 Å². The highest BCUT2D eigenvalue weighted by atomic mass is 16.1. The number of fused-ring (bicyclic) bond motifs is 1. The molecule has 1 amide bonds. The number of nitrogen functional groups attached to an aromatic ring is 1. The molecule has 3 aromatic rings. The zero-order valence-corrected chi connectivity index (χ0v) is 11.7. The standard InChI is InChI=1S/C16H16N4O/c1-10-2-3-11(8-18-10)9-19-16(21)15-7-12-6-13(17)4-5-14(12)20-15/h2-8,20H,9,17H2,1H3,(H,19,21). The molecule has 0 aliphatic heterocycles. The number of benzene rings is 1. The van der Waals surface area contributed by atoms with Gasteiger partial charge in [-0.15, -0.1) is 0 Å². The highest BCUT2D eigenvalue weighted by Gasteiger charge is 2.09. The Kier molecular flexibility index (Phi) is 3.31. The van der Waals surface area contributed by atoms with E-state index in [4.69, 9.17) is 5.73 Å². The van der Waals surface area contributed by atoms with E-state index in [1.54, 1.807) is 18.3 Å². The molecule has 0 fully saturated rings. The molecule has 0 atom stereocenters. The maximum absolute atomic E-state index is 12.1. The fraction of sp³-hybridized carbons (Fsp3) is 0.125. The average Bonchev–Trinajstić information content (AvgIpc) is 2.89. The Morgan fingerprint density at radius 3 is 2.90 bits per heavy atom. The molecule has 0 aliphatic carbocycles. The van der Waals surface area contributed by atoms with E-state index in [1.165, 1.54) is 0 Å². The van der Waals surface area contributed by atoms with Crippen molar-refractivity contribution in [2.45, 2.75) is 13.5 Å². The number of aromatic nitrogens is 2. The fourth-order valence-corrected chi connectivity index (χ4v) is 2.15. The van der Waals surface area contributed by atoms with Crippen LogP contribution < -0.4 is 11.1 Å². The van der Waals surface area contributed by atoms with Gasteiger partial charge >= 0.3 is 0 Å². The van der Waals surface area contributed by atoms with Crippen molar-refractivity contribution >= 4 is 22.5 Å². The minimum Gasteiger partial charge on any atom is -0.399 e. The molecular weight excluding hydrogens is 264 g/mol. The molecule has 0 saturated heterocycles. The first-order valence-corrected chi connectivity index (χ1v) is 6.70. The van der Waals surface area contributed by atoms with Gasteiger partial charge in [0.05, 0.1) is 0 Å². The van der Waals surface area contributed by atoms with E-state index in [0.29, 0.717) is 17.9 Å². The van der Waals surface area contributed by atoms with Crippen molar-refractivity contribution in [2.75, 3.05) is 5.73 Å². The third-order valence-electron chi connectivity index (χ3n) is 3.32. The van der Waals surface area contributed by atoms with Crippen molar-refractivity contribution in [3.63, 3.8) is 0 Å². The van der Waals surface area contributed by atoms with E-state index in [9.17, 15) is 4.79 Å². The third-order valence-corrected chi connectivity index (χ3v) is 3.32. The molecule has 2 heterocycles. The maximum atomic E-state index is 12.1. The lowest BCUT2D eigenvalue weighted by atomic mass is 10.2. The van der Waals surface area contributed by atoms with Gasteiger partial charge in [-0.25, -0.2) is 0 Å². The molecule has 0 spiro atoms. The van der Waals surface area contributed by atoms with E-state index >= 15 is 0 Å². The van der Waals surface area contributed by atoms with E-state index in [-0.39, 0.29) is 5.91 Å². The second kappa shape index (κ2) is 5.28. The van der Waals surface area contributed by atoms with Crippen molar-refractivity contribution in [1.29, 1.82) is 0 Å². The van der Waals surface area contributed by atoms with Gasteiger partial charge in [0.25, 0.3) is 5.91 Å². The number of aryl methyl sites for hydroxylation is 1. The number of carbonyl (C=O) groups is 1. The second-order valence-electron chi connectivity index (χ2n) is 5.02. The topological polar surface area (TPSA) is 83.8 Å². The molecule has 106 valence electrons. The van der Waals surface area contributed by atoms with E-state index in [1.807, 2.05) is 31.2 Å². The highest BCUT2D eigenvalue weighted by molar-refractivity contribution is 5.98. The number of nitrogens with one attached hydrogen (secondary N) is 2. The summed E-state index contributed by atoms with van der Waals surface area (Å²) in [7, 11) is 0. The molecule has 1 aromatic carbocycles. The Labute approximate surface area is 122 Å². The second-order valence-corrected chi connectivity index (χ2v) is 5.02. The van der Waals surface area contributed by atoms with Crippen LogP contribution in [-0.4, -0.2) is 15.9 Å². The van der Waals surface area contributed by atoms with Crippen LogP contribution in [0.1, 0.15) is 21.7 Å². The molecule has 21 heavy (non-hydrogen) atoms. The molecule has 2 aromatic heterocycles. The largest absolute Gasteiger partial charge is 0.399 e. The molecule has 0 radical (unpaired) electrons. The van der Waals surface area contributed by atoms with Gasteiger partial charge in [-0.1, -0.05) is 6.07 Å². The van der Waals surface area contributed by atoms with Crippen LogP contribution in [-0.2, 0) is 6.54 Å². The van der Waals surface area contributed by atoms with E-state index in [2.05, 4.69) is 15.3 Å². The normalized spacial score (nSPS) is 10.7. The van der Waals surface area contributed by atoms with Gasteiger partial charge in [-0.3, -0.25) is 9.78 Å². The number of rotatable bonds is 3. The zero-order chi connectivity index (χ0) is 14.8. The van der Waals surface area contributed by atoms with Gasteiger partial charge in [-0.2, -0.15) is 0 Å². The van der Waals surface area contributed by atoms with Crippen LogP contribution in [0.2, 0.25) is 0 Å². The first-order chi connectivity index (χ1) is 10.1. The number of H-pyrrole nitrogens is 1. The quantitative estimate of drug-likeness (QED) is 0.644. The Hall–Kier alpha value is -2.82. The zero-order valence-electron chi connectivity index (χ0n) is 11.7. The van der Waals surface area contributed by atoms with Crippen LogP contribution in [0.25, 0.3) is 10.9 Å². The summed E-state index contributed by atoms with van der Waals surface area (Å²) in [6.45, 7) is 2.38. The number of anilines is 1. The lowest BCUT2D eigenvalue weighted by Gasteiger charge is -2.03. The Morgan fingerprint density at radius 2 is 2.14 bits per heavy atom. The molecule has 0 saturated carbocycles. The van der Waals surface area contributed by atoms with E-state index in [0.717, 1.165) is 22.2 Å². The number of nitrogens with zero attached hydrogens (tertiary/aromatic N) is 1. The number of hydrogen-bond acceptors (Lipinski definition) is 3. The summed E-state index contributed by atoms with van der Waals surface area (Å²) in [6, 6.07) is 11.2. The molecule has 0 aliphatic rings. The number of amides is 1. The van der Waals surface area contributed by atoms with Gasteiger partial charge in [-0.05, 0) is 42.8 Å². The Balaban J connectivity index is 1.73. The van der Waals surface area contributed by atoms with Crippen LogP contribution in [0.4, 0.5) is 5.69 Å². The summed E-state index contributed by atoms with van der Waals surface area (Å²) in [5.41, 5.74) is 9.76. The van der Waals surface area contributed by atoms with Crippen molar-refractivity contribution in [2.24, 2.45) is 0 Å². The molecule has 3 rings (SSSR count). The molecule has 5 heteroatoms. The smallest absolute Gasteiger partial charge is 0.267 e. The summed E-state index contributed by atoms with van der Waals surface area (Å²) in [6.07, 6.45) is 1.77. The fourth-order valence-electron chi connectivity index (χ4n) is 2.15. The summed E-state index contributed by atoms with van der Waals surface area (Å²) in [5, 5.41) is 3.80. The monoisotopic (exact) mass is 280 g/mol. The predicted octanol–water partition coefficient (Wildman–Crippen LogP) is 2.38. The predicted molar refractivity (Wildman–Crippen MR) is 82.9 cm³/mol. The van der Waals surface area contributed by atoms with Gasteiger partial charge in [0.1, 0.15) is 5.69 Å². The highest BCUT2D eigenvalue weighted by Crippen LogP contribution is 2.18. The minimum atomic E-state index is -0.148. The molecular formula is C16H16N4O. The van der Waals surface area contributed by atoms with Crippen molar-refractivity contribution in [1.82, 2.24) is 15.3 Å². The Bertz CT molecular complexity index is 790. The first-order valence-electron chi connectivity index (χ1n) is 6.70. The molecule has 0 bridgehead atoms. The summed E-state index contributed by atoms with van der Waals surface area (Å²) in [5.74, 6) is -0.148. The van der Waals surface area contributed by atoms with E-state index < -0.39 is 0 Å². The summed E-state index contributed by atoms with van der Waals surface area (Å²) >= 11 is 0. The molecule has 0 unspecified atom stereocenters. The lowest BCUT2D eigenvalue weighted by Crippen LogP contribution is -2.23. The van der Waals surface area contributed by atoms with Crippen LogP contribution >= 0.6 is 0 Å². The van der Waals surface area contributed by atoms with Crippen LogP contribution in [0.3, 0.4) is 0 Å². The number of hydrogen-bond donors (Lipinski definition) is 3. The van der Waals surface area contributed by atoms with Crippen molar-refractivity contribution in [3.8, 4) is 0 Å². The third kappa shape index (κ3) is 2.86. The van der Waals surface area contributed by atoms with Gasteiger partial charge in [0.15, 0.2) is 0 Å². The van der Waals surface area contributed by atoms with Crippen LogP contribution in [0.5, 0.6) is 0 Å². The van der Waals surface area contributed by atoms with Crippen molar-refractivity contribution in [3.05, 3.63) is 59.5 Å². The first kappa shape index (κ1) is 13.2. The number of aromatic amines is 1. The molecule has 4 N–H and O–H groups in total. The number of nitrogens with two attached hydrogens (primary N) is 1. The molecule has 5 nitrogen and oxygen atoms in total. The van der Waals surface area contributed by atoms with Crippen molar-refractivity contribution < 1.29 is 4.79 Å². The average molecular weight is 280 g/mol. The minimum absolute atomic E-state index is 0.148. The van der Waals surface area contributed by atoms with Gasteiger partial charge < -0.3 is 16.0 Å².